The van der Waals surface area contributed by atoms with Gasteiger partial charge in [-0.15, -0.1) is 16.9 Å². The third-order valence-electron chi connectivity index (χ3n) is 2.77. The second-order valence-electron chi connectivity index (χ2n) is 4.49. The molecule has 2 aromatic rings. The molecule has 0 amide bonds. The smallest absolute Gasteiger partial charge is 0.416 e. The van der Waals surface area contributed by atoms with Crippen molar-refractivity contribution in [2.45, 2.75) is 24.0 Å². The number of hydrogen-bond donors (Lipinski definition) is 0. The molecule has 0 atom stereocenters. The monoisotopic (exact) mass is 328 g/mol. The lowest BCUT2D eigenvalue weighted by atomic mass is 10.2. The standard InChI is InChI=1S/C15H15F3N2OS/c16-15(17,18)12-5-3-6-13(11-12)21-9-1-2-10-22-14-7-4-8-19-20-14/h3-8,11H,1-2,9-10H2. The zero-order chi connectivity index (χ0) is 15.8. The first-order valence-electron chi connectivity index (χ1n) is 6.76. The number of thioether (sulfide) groups is 1. The number of nitrogens with zero attached hydrogens (tertiary/aromatic N) is 2. The van der Waals surface area contributed by atoms with Crippen LogP contribution in [0.5, 0.6) is 5.75 Å². The van der Waals surface area contributed by atoms with Crippen LogP contribution < -0.4 is 4.74 Å². The summed E-state index contributed by atoms with van der Waals surface area (Å²) in [6.07, 6.45) is -1.07. The molecule has 0 aliphatic heterocycles. The van der Waals surface area contributed by atoms with Crippen molar-refractivity contribution < 1.29 is 17.9 Å². The molecule has 2 rings (SSSR count). The summed E-state index contributed by atoms with van der Waals surface area (Å²) in [5, 5.41) is 8.59. The van der Waals surface area contributed by atoms with Crippen molar-refractivity contribution in [2.24, 2.45) is 0 Å². The molecule has 0 radical (unpaired) electrons. The summed E-state index contributed by atoms with van der Waals surface area (Å²) in [4.78, 5) is 0. The van der Waals surface area contributed by atoms with Gasteiger partial charge in [-0.2, -0.15) is 18.3 Å². The van der Waals surface area contributed by atoms with Gasteiger partial charge in [0.1, 0.15) is 10.8 Å². The lowest BCUT2D eigenvalue weighted by Crippen LogP contribution is -2.05. The van der Waals surface area contributed by atoms with Crippen molar-refractivity contribution in [3.8, 4) is 5.75 Å². The molecule has 7 heteroatoms. The first kappa shape index (κ1) is 16.6. The summed E-state index contributed by atoms with van der Waals surface area (Å²) in [6.45, 7) is 0.391. The lowest BCUT2D eigenvalue weighted by molar-refractivity contribution is -0.137. The average Bonchev–Trinajstić information content (AvgIpc) is 2.51. The highest BCUT2D eigenvalue weighted by Gasteiger charge is 2.30. The Bertz CT molecular complexity index is 579. The van der Waals surface area contributed by atoms with Gasteiger partial charge in [0.2, 0.25) is 0 Å². The SMILES string of the molecule is FC(F)(F)c1cccc(OCCCCSc2cccnn2)c1. The van der Waals surface area contributed by atoms with E-state index in [1.54, 1.807) is 18.0 Å². The number of hydrogen-bond acceptors (Lipinski definition) is 4. The maximum absolute atomic E-state index is 12.5. The molecule has 22 heavy (non-hydrogen) atoms. The Morgan fingerprint density at radius 2 is 1.95 bits per heavy atom. The van der Waals surface area contributed by atoms with E-state index in [4.69, 9.17) is 4.74 Å². The topological polar surface area (TPSA) is 35.0 Å². The number of ether oxygens (including phenoxy) is 1. The molecule has 0 N–H and O–H groups in total. The minimum absolute atomic E-state index is 0.247. The molecule has 0 fully saturated rings. The Morgan fingerprint density at radius 1 is 1.09 bits per heavy atom. The largest absolute Gasteiger partial charge is 0.494 e. The van der Waals surface area contributed by atoms with Crippen molar-refractivity contribution in [3.63, 3.8) is 0 Å². The van der Waals surface area contributed by atoms with Gasteiger partial charge in [0.25, 0.3) is 0 Å². The molecule has 0 spiro atoms. The third-order valence-corrected chi connectivity index (χ3v) is 3.77. The number of benzene rings is 1. The summed E-state index contributed by atoms with van der Waals surface area (Å²) in [5.41, 5.74) is -0.691. The molecular formula is C15H15F3N2OS. The first-order valence-corrected chi connectivity index (χ1v) is 7.75. The van der Waals surface area contributed by atoms with E-state index in [0.717, 1.165) is 35.8 Å². The Hall–Kier alpha value is -1.76. The van der Waals surface area contributed by atoms with Gasteiger partial charge in [-0.3, -0.25) is 0 Å². The van der Waals surface area contributed by atoms with E-state index in [9.17, 15) is 13.2 Å². The highest BCUT2D eigenvalue weighted by atomic mass is 32.2. The van der Waals surface area contributed by atoms with Crippen molar-refractivity contribution in [1.82, 2.24) is 10.2 Å². The van der Waals surface area contributed by atoms with E-state index in [1.807, 2.05) is 12.1 Å². The molecule has 0 bridgehead atoms. The maximum atomic E-state index is 12.5. The Labute approximate surface area is 130 Å². The van der Waals surface area contributed by atoms with Crippen LogP contribution in [-0.2, 0) is 6.18 Å². The van der Waals surface area contributed by atoms with E-state index < -0.39 is 11.7 Å². The molecule has 1 aromatic heterocycles. The van der Waals surface area contributed by atoms with Gasteiger partial charge in [0.05, 0.1) is 12.2 Å². The van der Waals surface area contributed by atoms with E-state index in [0.29, 0.717) is 6.61 Å². The number of alkyl halides is 3. The van der Waals surface area contributed by atoms with Crippen LogP contribution >= 0.6 is 11.8 Å². The Kier molecular flexibility index (Phi) is 6.06. The number of halogens is 3. The predicted molar refractivity (Wildman–Crippen MR) is 78.9 cm³/mol. The molecule has 0 aliphatic carbocycles. The van der Waals surface area contributed by atoms with E-state index >= 15 is 0 Å². The minimum atomic E-state index is -4.34. The van der Waals surface area contributed by atoms with Crippen molar-refractivity contribution >= 4 is 11.8 Å². The van der Waals surface area contributed by atoms with Crippen LogP contribution in [0, 0.1) is 0 Å². The van der Waals surface area contributed by atoms with Crippen LogP contribution in [0.15, 0.2) is 47.6 Å². The third kappa shape index (κ3) is 5.55. The molecule has 0 saturated heterocycles. The van der Waals surface area contributed by atoms with Gasteiger partial charge in [-0.25, -0.2) is 0 Å². The molecule has 0 aliphatic rings. The van der Waals surface area contributed by atoms with Gasteiger partial charge in [-0.1, -0.05) is 6.07 Å². The molecule has 0 saturated carbocycles. The molecule has 118 valence electrons. The van der Waals surface area contributed by atoms with E-state index in [-0.39, 0.29) is 5.75 Å². The number of aromatic nitrogens is 2. The quantitative estimate of drug-likeness (QED) is 0.556. The zero-order valence-electron chi connectivity index (χ0n) is 11.7. The van der Waals surface area contributed by atoms with E-state index in [2.05, 4.69) is 10.2 Å². The fraction of sp³-hybridized carbons (Fsp3) is 0.333. The molecule has 1 aromatic carbocycles. The van der Waals surface area contributed by atoms with Crippen molar-refractivity contribution in [3.05, 3.63) is 48.2 Å². The summed E-state index contributed by atoms with van der Waals surface area (Å²) in [7, 11) is 0. The number of rotatable bonds is 7. The van der Waals surface area contributed by atoms with Gasteiger partial charge in [0, 0.05) is 6.20 Å². The van der Waals surface area contributed by atoms with Gasteiger partial charge in [0.15, 0.2) is 0 Å². The lowest BCUT2D eigenvalue weighted by Gasteiger charge is -2.10. The zero-order valence-corrected chi connectivity index (χ0v) is 12.5. The molecule has 0 unspecified atom stereocenters. The van der Waals surface area contributed by atoms with Crippen LogP contribution in [-0.4, -0.2) is 22.6 Å². The summed E-state index contributed by atoms with van der Waals surface area (Å²) < 4.78 is 43.0. The first-order chi connectivity index (χ1) is 10.6. The van der Waals surface area contributed by atoms with Crippen LogP contribution in [0.4, 0.5) is 13.2 Å². The summed E-state index contributed by atoms with van der Waals surface area (Å²) in [6, 6.07) is 8.65. The Morgan fingerprint density at radius 3 is 2.68 bits per heavy atom. The molecule has 1 heterocycles. The molecular weight excluding hydrogens is 313 g/mol. The summed E-state index contributed by atoms with van der Waals surface area (Å²) >= 11 is 1.59. The van der Waals surface area contributed by atoms with Gasteiger partial charge in [-0.05, 0) is 48.9 Å². The second kappa shape index (κ2) is 8.03. The van der Waals surface area contributed by atoms with Crippen molar-refractivity contribution in [2.75, 3.05) is 12.4 Å². The predicted octanol–water partition coefficient (Wildman–Crippen LogP) is 4.45. The maximum Gasteiger partial charge on any atom is 0.416 e. The number of unbranched alkanes of at least 4 members (excludes halogenated alkanes) is 1. The fourth-order valence-corrected chi connectivity index (χ4v) is 2.53. The average molecular weight is 328 g/mol. The van der Waals surface area contributed by atoms with Crippen LogP contribution in [0.3, 0.4) is 0 Å². The fourth-order valence-electron chi connectivity index (χ4n) is 1.70. The highest BCUT2D eigenvalue weighted by molar-refractivity contribution is 7.99. The second-order valence-corrected chi connectivity index (χ2v) is 5.61. The van der Waals surface area contributed by atoms with E-state index in [1.165, 1.54) is 12.1 Å². The minimum Gasteiger partial charge on any atom is -0.494 e. The highest BCUT2D eigenvalue weighted by Crippen LogP contribution is 2.31. The van der Waals surface area contributed by atoms with Crippen LogP contribution in [0.1, 0.15) is 18.4 Å². The summed E-state index contributed by atoms with van der Waals surface area (Å²) in [5.74, 6) is 1.11. The van der Waals surface area contributed by atoms with Crippen LogP contribution in [0.25, 0.3) is 0 Å². The normalized spacial score (nSPS) is 11.4. The van der Waals surface area contributed by atoms with Gasteiger partial charge < -0.3 is 4.74 Å². The van der Waals surface area contributed by atoms with Crippen LogP contribution in [0.2, 0.25) is 0 Å². The van der Waals surface area contributed by atoms with Crippen molar-refractivity contribution in [1.29, 1.82) is 0 Å². The molecule has 3 nitrogen and oxygen atoms in total. The van der Waals surface area contributed by atoms with Gasteiger partial charge >= 0.3 is 6.18 Å². The Balaban J connectivity index is 1.67.